The SMILES string of the molecule is CCCN1CCOC(C(=O)COCC)C1. The highest BCUT2D eigenvalue weighted by Gasteiger charge is 2.25. The minimum Gasteiger partial charge on any atom is -0.374 e. The summed E-state index contributed by atoms with van der Waals surface area (Å²) in [7, 11) is 0. The minimum atomic E-state index is -0.281. The largest absolute Gasteiger partial charge is 0.374 e. The molecule has 1 aliphatic heterocycles. The summed E-state index contributed by atoms with van der Waals surface area (Å²) in [6.07, 6.45) is 0.837. The maximum Gasteiger partial charge on any atom is 0.188 e. The highest BCUT2D eigenvalue weighted by molar-refractivity contribution is 5.84. The molecule has 1 heterocycles. The summed E-state index contributed by atoms with van der Waals surface area (Å²) >= 11 is 0. The summed E-state index contributed by atoms with van der Waals surface area (Å²) in [5.74, 6) is 0.0673. The van der Waals surface area contributed by atoms with E-state index < -0.39 is 0 Å². The maximum absolute atomic E-state index is 11.6. The Hall–Kier alpha value is -0.450. The molecule has 0 spiro atoms. The highest BCUT2D eigenvalue weighted by Crippen LogP contribution is 2.06. The van der Waals surface area contributed by atoms with Crippen LogP contribution in [0.2, 0.25) is 0 Å². The number of nitrogens with zero attached hydrogens (tertiary/aromatic N) is 1. The number of hydrogen-bond donors (Lipinski definition) is 0. The summed E-state index contributed by atoms with van der Waals surface area (Å²) in [5.41, 5.74) is 0. The van der Waals surface area contributed by atoms with Gasteiger partial charge in [-0.3, -0.25) is 9.69 Å². The number of morpholine rings is 1. The first-order chi connectivity index (χ1) is 7.27. The van der Waals surface area contributed by atoms with Gasteiger partial charge in [0.05, 0.1) is 6.61 Å². The van der Waals surface area contributed by atoms with Gasteiger partial charge in [-0.2, -0.15) is 0 Å². The summed E-state index contributed by atoms with van der Waals surface area (Å²) in [6, 6.07) is 0. The molecule has 1 saturated heterocycles. The summed E-state index contributed by atoms with van der Waals surface area (Å²) in [6.45, 7) is 8.15. The van der Waals surface area contributed by atoms with Gasteiger partial charge in [-0.1, -0.05) is 6.92 Å². The first-order valence-electron chi connectivity index (χ1n) is 5.72. The van der Waals surface area contributed by atoms with Crippen LogP contribution in [0, 0.1) is 0 Å². The molecular weight excluding hydrogens is 194 g/mol. The normalized spacial score (nSPS) is 22.9. The molecule has 1 rings (SSSR count). The number of carbonyl (C=O) groups excluding carboxylic acids is 1. The van der Waals surface area contributed by atoms with Gasteiger partial charge in [0.2, 0.25) is 0 Å². The maximum atomic E-state index is 11.6. The Kier molecular flexibility index (Phi) is 5.83. The van der Waals surface area contributed by atoms with Crippen molar-refractivity contribution in [2.75, 3.05) is 39.5 Å². The second-order valence-electron chi connectivity index (χ2n) is 3.76. The van der Waals surface area contributed by atoms with Crippen LogP contribution < -0.4 is 0 Å². The Labute approximate surface area is 91.5 Å². The van der Waals surface area contributed by atoms with E-state index in [2.05, 4.69) is 11.8 Å². The molecule has 88 valence electrons. The molecule has 4 heteroatoms. The Morgan fingerprint density at radius 1 is 1.53 bits per heavy atom. The molecule has 1 atom stereocenters. The van der Waals surface area contributed by atoms with Gasteiger partial charge in [0.1, 0.15) is 12.7 Å². The van der Waals surface area contributed by atoms with Crippen molar-refractivity contribution in [1.29, 1.82) is 0 Å². The van der Waals surface area contributed by atoms with Gasteiger partial charge >= 0.3 is 0 Å². The number of ketones is 1. The predicted octanol–water partition coefficient (Wildman–Crippen LogP) is 0.703. The molecule has 0 radical (unpaired) electrons. The fourth-order valence-corrected chi connectivity index (χ4v) is 1.71. The molecule has 1 fully saturated rings. The Balaban J connectivity index is 2.31. The van der Waals surface area contributed by atoms with Crippen LogP contribution in [0.1, 0.15) is 20.3 Å². The van der Waals surface area contributed by atoms with E-state index in [0.717, 1.165) is 26.1 Å². The molecule has 0 amide bonds. The Morgan fingerprint density at radius 2 is 2.33 bits per heavy atom. The van der Waals surface area contributed by atoms with E-state index in [9.17, 15) is 4.79 Å². The third-order valence-corrected chi connectivity index (χ3v) is 2.50. The van der Waals surface area contributed by atoms with E-state index in [1.807, 2.05) is 6.92 Å². The van der Waals surface area contributed by atoms with E-state index in [-0.39, 0.29) is 18.5 Å². The molecule has 0 bridgehead atoms. The molecule has 1 unspecified atom stereocenters. The summed E-state index contributed by atoms with van der Waals surface area (Å²) in [4.78, 5) is 13.9. The molecule has 0 aliphatic carbocycles. The van der Waals surface area contributed by atoms with Crippen molar-refractivity contribution >= 4 is 5.78 Å². The summed E-state index contributed by atoms with van der Waals surface area (Å²) in [5, 5.41) is 0. The van der Waals surface area contributed by atoms with Gasteiger partial charge in [0.25, 0.3) is 0 Å². The topological polar surface area (TPSA) is 38.8 Å². The van der Waals surface area contributed by atoms with Crippen molar-refractivity contribution in [3.63, 3.8) is 0 Å². The molecule has 0 aromatic rings. The van der Waals surface area contributed by atoms with Crippen molar-refractivity contribution in [3.8, 4) is 0 Å². The monoisotopic (exact) mass is 215 g/mol. The van der Waals surface area contributed by atoms with Gasteiger partial charge in [0.15, 0.2) is 5.78 Å². The van der Waals surface area contributed by atoms with Crippen LogP contribution in [0.3, 0.4) is 0 Å². The number of hydrogen-bond acceptors (Lipinski definition) is 4. The lowest BCUT2D eigenvalue weighted by atomic mass is 10.2. The van der Waals surface area contributed by atoms with Crippen LogP contribution in [-0.4, -0.2) is 56.2 Å². The number of rotatable bonds is 6. The van der Waals surface area contributed by atoms with Crippen LogP contribution in [0.4, 0.5) is 0 Å². The second-order valence-corrected chi connectivity index (χ2v) is 3.76. The van der Waals surface area contributed by atoms with E-state index in [4.69, 9.17) is 9.47 Å². The molecular formula is C11H21NO3. The van der Waals surface area contributed by atoms with E-state index in [1.165, 1.54) is 0 Å². The molecule has 0 aromatic heterocycles. The molecule has 15 heavy (non-hydrogen) atoms. The fourth-order valence-electron chi connectivity index (χ4n) is 1.71. The number of carbonyl (C=O) groups is 1. The van der Waals surface area contributed by atoms with E-state index in [0.29, 0.717) is 13.2 Å². The van der Waals surface area contributed by atoms with Crippen LogP contribution in [0.15, 0.2) is 0 Å². The standard InChI is InChI=1S/C11H21NO3/c1-3-5-12-6-7-15-11(8-12)10(13)9-14-4-2/h11H,3-9H2,1-2H3. The smallest absolute Gasteiger partial charge is 0.188 e. The highest BCUT2D eigenvalue weighted by atomic mass is 16.5. The molecule has 1 aliphatic rings. The predicted molar refractivity (Wildman–Crippen MR) is 58.0 cm³/mol. The van der Waals surface area contributed by atoms with Crippen molar-refractivity contribution in [1.82, 2.24) is 4.90 Å². The number of Topliss-reactive ketones (excluding diaryl/α,β-unsaturated/α-hetero) is 1. The van der Waals surface area contributed by atoms with Crippen LogP contribution in [-0.2, 0) is 14.3 Å². The van der Waals surface area contributed by atoms with Gasteiger partial charge < -0.3 is 9.47 Å². The van der Waals surface area contributed by atoms with Crippen molar-refractivity contribution in [3.05, 3.63) is 0 Å². The molecule has 0 N–H and O–H groups in total. The molecule has 4 nitrogen and oxygen atoms in total. The third kappa shape index (κ3) is 4.28. The second kappa shape index (κ2) is 6.93. The first-order valence-corrected chi connectivity index (χ1v) is 5.72. The van der Waals surface area contributed by atoms with Crippen molar-refractivity contribution < 1.29 is 14.3 Å². The Morgan fingerprint density at radius 3 is 3.00 bits per heavy atom. The van der Waals surface area contributed by atoms with Gasteiger partial charge in [0, 0.05) is 19.7 Å². The van der Waals surface area contributed by atoms with Gasteiger partial charge in [-0.25, -0.2) is 0 Å². The number of ether oxygens (including phenoxy) is 2. The Bertz CT molecular complexity index is 194. The lowest BCUT2D eigenvalue weighted by molar-refractivity contribution is -0.140. The van der Waals surface area contributed by atoms with E-state index >= 15 is 0 Å². The van der Waals surface area contributed by atoms with Crippen molar-refractivity contribution in [2.45, 2.75) is 26.4 Å². The molecule has 0 aromatic carbocycles. The third-order valence-electron chi connectivity index (χ3n) is 2.50. The van der Waals surface area contributed by atoms with Crippen LogP contribution in [0.25, 0.3) is 0 Å². The first kappa shape index (κ1) is 12.6. The lowest BCUT2D eigenvalue weighted by Gasteiger charge is -2.31. The van der Waals surface area contributed by atoms with Crippen LogP contribution >= 0.6 is 0 Å². The minimum absolute atomic E-state index is 0.0673. The van der Waals surface area contributed by atoms with Crippen LogP contribution in [0.5, 0.6) is 0 Å². The zero-order valence-electron chi connectivity index (χ0n) is 9.70. The van der Waals surface area contributed by atoms with Gasteiger partial charge in [-0.15, -0.1) is 0 Å². The van der Waals surface area contributed by atoms with E-state index in [1.54, 1.807) is 0 Å². The average Bonchev–Trinajstić information content (AvgIpc) is 2.27. The van der Waals surface area contributed by atoms with Gasteiger partial charge in [-0.05, 0) is 19.9 Å². The average molecular weight is 215 g/mol. The summed E-state index contributed by atoms with van der Waals surface area (Å²) < 4.78 is 10.5. The fraction of sp³-hybridized carbons (Fsp3) is 0.909. The zero-order chi connectivity index (χ0) is 11.1. The lowest BCUT2D eigenvalue weighted by Crippen LogP contribution is -2.47. The quantitative estimate of drug-likeness (QED) is 0.654. The molecule has 0 saturated carbocycles. The zero-order valence-corrected chi connectivity index (χ0v) is 9.70. The van der Waals surface area contributed by atoms with Crippen molar-refractivity contribution in [2.24, 2.45) is 0 Å².